The number of methoxy groups -OCH3 is 1. The minimum atomic E-state index is -0.685. The molecular formula is C24H22Cl2N4O6S2. The van der Waals surface area contributed by atoms with E-state index in [9.17, 15) is 14.4 Å². The van der Waals surface area contributed by atoms with Gasteiger partial charge in [0.25, 0.3) is 11.8 Å². The van der Waals surface area contributed by atoms with Crippen LogP contribution in [-0.4, -0.2) is 72.1 Å². The Morgan fingerprint density at radius 3 is 2.61 bits per heavy atom. The molecule has 2 N–H and O–H groups in total. The lowest BCUT2D eigenvalue weighted by Crippen LogP contribution is -2.46. The fourth-order valence-electron chi connectivity index (χ4n) is 3.49. The maximum atomic E-state index is 12.9. The van der Waals surface area contributed by atoms with Crippen LogP contribution in [0.3, 0.4) is 0 Å². The van der Waals surface area contributed by atoms with E-state index in [-0.39, 0.29) is 21.9 Å². The molecule has 14 heteroatoms. The minimum Gasteiger partial charge on any atom is -0.493 e. The Morgan fingerprint density at radius 1 is 1.13 bits per heavy atom. The number of morpholine rings is 1. The highest BCUT2D eigenvalue weighted by Gasteiger charge is 2.33. The first kappa shape index (κ1) is 28.0. The molecule has 10 nitrogen and oxygen atoms in total. The van der Waals surface area contributed by atoms with Gasteiger partial charge in [0.05, 0.1) is 35.3 Å². The van der Waals surface area contributed by atoms with E-state index in [0.29, 0.717) is 59.0 Å². The number of hydrogen-bond acceptors (Lipinski definition) is 8. The fourth-order valence-corrected chi connectivity index (χ4v) is 4.96. The molecule has 4 amide bonds. The van der Waals surface area contributed by atoms with Crippen molar-refractivity contribution in [3.63, 3.8) is 0 Å². The molecule has 2 aliphatic heterocycles. The number of rotatable bonds is 7. The van der Waals surface area contributed by atoms with Crippen LogP contribution < -0.4 is 20.2 Å². The van der Waals surface area contributed by atoms with Crippen LogP contribution in [0.5, 0.6) is 11.5 Å². The average Bonchev–Trinajstić information content (AvgIpc) is 3.17. The normalized spacial score (nSPS) is 16.6. The standard InChI is InChI=1S/C24H22Cl2N4O6S2/c1-34-19-10-14(2-5-18(19)36-13-21(31)29-6-8-35-9-7-29)11-20-22(32)30(24(37)38-20)28-23(33)27-15-3-4-16(25)17(26)12-15/h2-5,10-12H,6-9,13H2,1H3,(H2,27,28,33)/b20-11-. The van der Waals surface area contributed by atoms with Crippen molar-refractivity contribution in [3.05, 3.63) is 56.9 Å². The molecule has 0 spiro atoms. The number of hydrogen-bond donors (Lipinski definition) is 2. The summed E-state index contributed by atoms with van der Waals surface area (Å²) in [7, 11) is 1.48. The summed E-state index contributed by atoms with van der Waals surface area (Å²) in [5, 5.41) is 4.16. The fraction of sp³-hybridized carbons (Fsp3) is 0.250. The monoisotopic (exact) mass is 596 g/mol. The van der Waals surface area contributed by atoms with E-state index in [0.717, 1.165) is 16.8 Å². The number of hydrazine groups is 1. The molecule has 2 aliphatic rings. The Bertz CT molecular complexity index is 1300. The van der Waals surface area contributed by atoms with Gasteiger partial charge in [0.1, 0.15) is 0 Å². The van der Waals surface area contributed by atoms with E-state index in [1.807, 2.05) is 0 Å². The van der Waals surface area contributed by atoms with Gasteiger partial charge < -0.3 is 24.4 Å². The molecule has 2 saturated heterocycles. The third-order valence-corrected chi connectivity index (χ3v) is 7.43. The summed E-state index contributed by atoms with van der Waals surface area (Å²) < 4.78 is 16.5. The van der Waals surface area contributed by atoms with E-state index in [1.54, 1.807) is 35.2 Å². The van der Waals surface area contributed by atoms with Crippen molar-refractivity contribution in [3.8, 4) is 11.5 Å². The highest BCUT2D eigenvalue weighted by Crippen LogP contribution is 2.34. The van der Waals surface area contributed by atoms with Gasteiger partial charge in [-0.2, -0.15) is 5.01 Å². The summed E-state index contributed by atoms with van der Waals surface area (Å²) in [4.78, 5) is 39.7. The molecule has 200 valence electrons. The summed E-state index contributed by atoms with van der Waals surface area (Å²) >= 11 is 18.2. The first-order valence-electron chi connectivity index (χ1n) is 11.2. The zero-order valence-electron chi connectivity index (χ0n) is 20.0. The van der Waals surface area contributed by atoms with E-state index in [4.69, 9.17) is 49.6 Å². The van der Waals surface area contributed by atoms with Crippen LogP contribution in [0, 0.1) is 0 Å². The second-order valence-corrected chi connectivity index (χ2v) is 10.4. The molecule has 0 radical (unpaired) electrons. The Hall–Kier alpha value is -3.03. The van der Waals surface area contributed by atoms with Gasteiger partial charge in [-0.05, 0) is 54.2 Å². The van der Waals surface area contributed by atoms with Gasteiger partial charge in [-0.1, -0.05) is 41.0 Å². The number of benzene rings is 2. The van der Waals surface area contributed by atoms with E-state index in [2.05, 4.69) is 10.7 Å². The predicted molar refractivity (Wildman–Crippen MR) is 150 cm³/mol. The number of halogens is 2. The lowest BCUT2D eigenvalue weighted by Gasteiger charge is -2.26. The van der Waals surface area contributed by atoms with Crippen molar-refractivity contribution in [1.29, 1.82) is 0 Å². The molecule has 2 heterocycles. The second-order valence-electron chi connectivity index (χ2n) is 7.90. The van der Waals surface area contributed by atoms with Gasteiger partial charge in [-0.15, -0.1) is 0 Å². The van der Waals surface area contributed by atoms with Crippen LogP contribution in [0.1, 0.15) is 5.56 Å². The van der Waals surface area contributed by atoms with Crippen LogP contribution in [0.15, 0.2) is 41.3 Å². The number of nitrogens with zero attached hydrogens (tertiary/aromatic N) is 2. The van der Waals surface area contributed by atoms with Gasteiger partial charge >= 0.3 is 6.03 Å². The molecule has 0 bridgehead atoms. The van der Waals surface area contributed by atoms with Crippen LogP contribution in [-0.2, 0) is 14.3 Å². The first-order valence-corrected chi connectivity index (χ1v) is 13.2. The van der Waals surface area contributed by atoms with Gasteiger partial charge in [0.2, 0.25) is 0 Å². The van der Waals surface area contributed by atoms with Gasteiger partial charge in [0, 0.05) is 18.8 Å². The topological polar surface area (TPSA) is 109 Å². The molecule has 0 aromatic heterocycles. The SMILES string of the molecule is COc1cc(/C=C2\SC(=S)N(NC(=O)Nc3ccc(Cl)c(Cl)c3)C2=O)ccc1OCC(=O)N1CCOCC1. The molecule has 2 fully saturated rings. The molecule has 0 aliphatic carbocycles. The van der Waals surface area contributed by atoms with Crippen molar-refractivity contribution in [2.45, 2.75) is 0 Å². The average molecular weight is 598 g/mol. The Kier molecular flexibility index (Phi) is 9.34. The van der Waals surface area contributed by atoms with Crippen molar-refractivity contribution in [1.82, 2.24) is 15.3 Å². The van der Waals surface area contributed by atoms with E-state index in [1.165, 1.54) is 19.2 Å². The zero-order chi connectivity index (χ0) is 27.2. The maximum absolute atomic E-state index is 12.9. The largest absolute Gasteiger partial charge is 0.493 e. The minimum absolute atomic E-state index is 0.135. The van der Waals surface area contributed by atoms with Gasteiger partial charge in [-0.3, -0.25) is 9.59 Å². The highest BCUT2D eigenvalue weighted by atomic mass is 35.5. The lowest BCUT2D eigenvalue weighted by atomic mass is 10.2. The molecule has 2 aromatic carbocycles. The van der Waals surface area contributed by atoms with Crippen LogP contribution >= 0.6 is 47.2 Å². The Labute approximate surface area is 238 Å². The molecule has 0 saturated carbocycles. The molecule has 0 atom stereocenters. The molecular weight excluding hydrogens is 575 g/mol. The number of anilines is 1. The number of thioether (sulfide) groups is 1. The molecule has 4 rings (SSSR count). The van der Waals surface area contributed by atoms with E-state index < -0.39 is 11.9 Å². The van der Waals surface area contributed by atoms with E-state index >= 15 is 0 Å². The van der Waals surface area contributed by atoms with Crippen molar-refractivity contribution in [2.24, 2.45) is 0 Å². The number of nitrogens with one attached hydrogen (secondary N) is 2. The highest BCUT2D eigenvalue weighted by molar-refractivity contribution is 8.26. The summed E-state index contributed by atoms with van der Waals surface area (Å²) in [6, 6.07) is 8.94. The lowest BCUT2D eigenvalue weighted by molar-refractivity contribution is -0.137. The number of amides is 4. The smallest absolute Gasteiger partial charge is 0.338 e. The molecule has 2 aromatic rings. The Balaban J connectivity index is 1.38. The van der Waals surface area contributed by atoms with Crippen LogP contribution in [0.4, 0.5) is 10.5 Å². The Morgan fingerprint density at radius 2 is 1.89 bits per heavy atom. The third kappa shape index (κ3) is 6.88. The van der Waals surface area contributed by atoms with Gasteiger partial charge in [0.15, 0.2) is 22.4 Å². The van der Waals surface area contributed by atoms with Gasteiger partial charge in [-0.25, -0.2) is 10.2 Å². The quantitative estimate of drug-likeness (QED) is 0.362. The molecule has 0 unspecified atom stereocenters. The van der Waals surface area contributed by atoms with Crippen molar-refractivity contribution in [2.75, 3.05) is 45.3 Å². The zero-order valence-corrected chi connectivity index (χ0v) is 23.1. The first-order chi connectivity index (χ1) is 18.2. The predicted octanol–water partition coefficient (Wildman–Crippen LogP) is 4.18. The summed E-state index contributed by atoms with van der Waals surface area (Å²) in [5.74, 6) is 0.140. The molecule has 38 heavy (non-hydrogen) atoms. The third-order valence-electron chi connectivity index (χ3n) is 5.38. The number of ether oxygens (including phenoxy) is 3. The van der Waals surface area contributed by atoms with Crippen LogP contribution in [0.2, 0.25) is 10.0 Å². The van der Waals surface area contributed by atoms with Crippen molar-refractivity contribution >= 4 is 81.1 Å². The number of urea groups is 1. The maximum Gasteiger partial charge on any atom is 0.338 e. The number of carbonyl (C=O) groups is 3. The van der Waals surface area contributed by atoms with Crippen LogP contribution in [0.25, 0.3) is 6.08 Å². The second kappa shape index (κ2) is 12.7. The number of carbonyl (C=O) groups excluding carboxylic acids is 3. The number of thiocarbonyl (C=S) groups is 1. The summed E-state index contributed by atoms with van der Waals surface area (Å²) in [6.45, 7) is 1.94. The van der Waals surface area contributed by atoms with Crippen molar-refractivity contribution < 1.29 is 28.6 Å². The summed E-state index contributed by atoms with van der Waals surface area (Å²) in [5.41, 5.74) is 3.45. The summed E-state index contributed by atoms with van der Waals surface area (Å²) in [6.07, 6.45) is 1.61.